The first-order valence-electron chi connectivity index (χ1n) is 6.42. The SMILES string of the molecule is CCC1CN(c2snc(N)c2S(=O)(=O)N(C)C)CCS1. The molecule has 0 radical (unpaired) electrons. The lowest BCUT2D eigenvalue weighted by Crippen LogP contribution is -2.38. The van der Waals surface area contributed by atoms with Gasteiger partial charge in [-0.25, -0.2) is 12.7 Å². The van der Waals surface area contributed by atoms with E-state index in [1.165, 1.54) is 29.9 Å². The van der Waals surface area contributed by atoms with Crippen molar-refractivity contribution in [3.05, 3.63) is 0 Å². The van der Waals surface area contributed by atoms with Gasteiger partial charge in [0, 0.05) is 38.2 Å². The molecular formula is C11H20N4O2S3. The van der Waals surface area contributed by atoms with Crippen molar-refractivity contribution in [2.24, 2.45) is 0 Å². The molecular weight excluding hydrogens is 316 g/mol. The van der Waals surface area contributed by atoms with Crippen molar-refractivity contribution in [2.45, 2.75) is 23.5 Å². The number of thioether (sulfide) groups is 1. The lowest BCUT2D eigenvalue weighted by Gasteiger charge is -2.33. The Kier molecular flexibility index (Phi) is 4.83. The van der Waals surface area contributed by atoms with Crippen LogP contribution in [0.3, 0.4) is 0 Å². The third-order valence-electron chi connectivity index (χ3n) is 3.28. The zero-order chi connectivity index (χ0) is 14.9. The lowest BCUT2D eigenvalue weighted by atomic mass is 10.3. The summed E-state index contributed by atoms with van der Waals surface area (Å²) in [5, 5.41) is 1.21. The smallest absolute Gasteiger partial charge is 0.249 e. The second-order valence-electron chi connectivity index (χ2n) is 4.84. The van der Waals surface area contributed by atoms with Crippen molar-refractivity contribution in [3.63, 3.8) is 0 Å². The number of hydrogen-bond acceptors (Lipinski definition) is 7. The van der Waals surface area contributed by atoms with Gasteiger partial charge in [0.25, 0.3) is 0 Å². The maximum atomic E-state index is 12.4. The first-order chi connectivity index (χ1) is 9.37. The van der Waals surface area contributed by atoms with Crippen molar-refractivity contribution in [3.8, 4) is 0 Å². The second-order valence-corrected chi connectivity index (χ2v) is 9.09. The number of nitrogens with zero attached hydrogens (tertiary/aromatic N) is 3. The summed E-state index contributed by atoms with van der Waals surface area (Å²) < 4.78 is 30.1. The van der Waals surface area contributed by atoms with Crippen LogP contribution in [0.5, 0.6) is 0 Å². The molecule has 1 saturated heterocycles. The van der Waals surface area contributed by atoms with Crippen LogP contribution in [0.4, 0.5) is 10.8 Å². The number of aromatic nitrogens is 1. The number of nitrogen functional groups attached to an aromatic ring is 1. The van der Waals surface area contributed by atoms with Gasteiger partial charge in [-0.05, 0) is 18.0 Å². The molecule has 2 N–H and O–H groups in total. The van der Waals surface area contributed by atoms with Gasteiger partial charge in [0.2, 0.25) is 10.0 Å². The Morgan fingerprint density at radius 1 is 1.50 bits per heavy atom. The van der Waals surface area contributed by atoms with E-state index in [9.17, 15) is 8.42 Å². The number of hydrogen-bond donors (Lipinski definition) is 1. The Morgan fingerprint density at radius 2 is 2.20 bits per heavy atom. The fourth-order valence-electron chi connectivity index (χ4n) is 2.06. The van der Waals surface area contributed by atoms with Crippen molar-refractivity contribution in [1.29, 1.82) is 0 Å². The van der Waals surface area contributed by atoms with Gasteiger partial charge in [-0.2, -0.15) is 16.1 Å². The van der Waals surface area contributed by atoms with Gasteiger partial charge in [0.15, 0.2) is 10.7 Å². The summed E-state index contributed by atoms with van der Waals surface area (Å²) in [6, 6.07) is 0. The van der Waals surface area contributed by atoms with E-state index in [0.29, 0.717) is 10.3 Å². The molecule has 0 bridgehead atoms. The number of rotatable bonds is 4. The largest absolute Gasteiger partial charge is 0.382 e. The first kappa shape index (κ1) is 15.9. The van der Waals surface area contributed by atoms with Gasteiger partial charge < -0.3 is 10.6 Å². The number of nitrogens with two attached hydrogens (primary N) is 1. The summed E-state index contributed by atoms with van der Waals surface area (Å²) in [6.07, 6.45) is 1.07. The van der Waals surface area contributed by atoms with Crippen LogP contribution in [0.15, 0.2) is 4.90 Å². The van der Waals surface area contributed by atoms with E-state index in [1.54, 1.807) is 0 Å². The molecule has 1 aromatic rings. The molecule has 2 heterocycles. The molecule has 0 amide bonds. The predicted molar refractivity (Wildman–Crippen MR) is 86.1 cm³/mol. The Morgan fingerprint density at radius 3 is 2.80 bits per heavy atom. The van der Waals surface area contributed by atoms with Crippen LogP contribution in [-0.4, -0.2) is 55.3 Å². The molecule has 0 spiro atoms. The molecule has 1 aliphatic rings. The summed E-state index contributed by atoms with van der Waals surface area (Å²) in [5.41, 5.74) is 5.80. The monoisotopic (exact) mass is 336 g/mol. The highest BCUT2D eigenvalue weighted by atomic mass is 32.2. The molecule has 1 fully saturated rings. The standard InChI is InChI=1S/C11H20N4O2S3/c1-4-8-7-15(5-6-18-8)11-9(10(12)13-19-11)20(16,17)14(2)3/h8H,4-7H2,1-3H3,(H2,12,13). The summed E-state index contributed by atoms with van der Waals surface area (Å²) in [7, 11) is -0.539. The van der Waals surface area contributed by atoms with Gasteiger partial charge in [0.1, 0.15) is 5.00 Å². The maximum absolute atomic E-state index is 12.4. The minimum Gasteiger partial charge on any atom is -0.382 e. The number of sulfonamides is 1. The van der Waals surface area contributed by atoms with Gasteiger partial charge in [0.05, 0.1) is 0 Å². The highest BCUT2D eigenvalue weighted by Crippen LogP contribution is 2.38. The molecule has 9 heteroatoms. The van der Waals surface area contributed by atoms with E-state index in [-0.39, 0.29) is 10.7 Å². The minimum absolute atomic E-state index is 0.102. The van der Waals surface area contributed by atoms with Crippen LogP contribution >= 0.6 is 23.3 Å². The average Bonchev–Trinajstić information content (AvgIpc) is 2.81. The molecule has 0 saturated carbocycles. The van der Waals surface area contributed by atoms with Crippen LogP contribution in [0.1, 0.15) is 13.3 Å². The van der Waals surface area contributed by atoms with Gasteiger partial charge in [-0.15, -0.1) is 0 Å². The van der Waals surface area contributed by atoms with Crippen LogP contribution in [0, 0.1) is 0 Å². The molecule has 20 heavy (non-hydrogen) atoms. The van der Waals surface area contributed by atoms with Gasteiger partial charge in [-0.1, -0.05) is 6.92 Å². The summed E-state index contributed by atoms with van der Waals surface area (Å²) in [6.45, 7) is 3.83. The maximum Gasteiger partial charge on any atom is 0.249 e. The van der Waals surface area contributed by atoms with Crippen molar-refractivity contribution in [2.75, 3.05) is 43.6 Å². The first-order valence-corrected chi connectivity index (χ1v) is 9.68. The fourth-order valence-corrected chi connectivity index (χ4v) is 5.50. The van der Waals surface area contributed by atoms with E-state index in [0.717, 1.165) is 25.3 Å². The van der Waals surface area contributed by atoms with Crippen LogP contribution in [0.25, 0.3) is 0 Å². The Bertz CT molecular complexity index is 570. The molecule has 6 nitrogen and oxygen atoms in total. The van der Waals surface area contributed by atoms with E-state index < -0.39 is 10.0 Å². The minimum atomic E-state index is -3.56. The summed E-state index contributed by atoms with van der Waals surface area (Å²) in [4.78, 5) is 2.27. The molecule has 114 valence electrons. The Balaban J connectivity index is 2.39. The second kappa shape index (κ2) is 6.08. The molecule has 2 rings (SSSR count). The van der Waals surface area contributed by atoms with Crippen LogP contribution in [0.2, 0.25) is 0 Å². The van der Waals surface area contributed by atoms with E-state index in [2.05, 4.69) is 16.2 Å². The number of anilines is 2. The van der Waals surface area contributed by atoms with Crippen molar-refractivity contribution < 1.29 is 8.42 Å². The highest BCUT2D eigenvalue weighted by Gasteiger charge is 2.32. The molecule has 0 aliphatic carbocycles. The van der Waals surface area contributed by atoms with E-state index in [4.69, 9.17) is 5.73 Å². The van der Waals surface area contributed by atoms with Crippen molar-refractivity contribution in [1.82, 2.24) is 8.68 Å². The third-order valence-corrected chi connectivity index (χ3v) is 7.58. The Hall–Kier alpha value is -0.510. The zero-order valence-electron chi connectivity index (χ0n) is 11.9. The van der Waals surface area contributed by atoms with E-state index >= 15 is 0 Å². The molecule has 1 unspecified atom stereocenters. The molecule has 1 atom stereocenters. The van der Waals surface area contributed by atoms with E-state index in [1.807, 2.05) is 11.8 Å². The highest BCUT2D eigenvalue weighted by molar-refractivity contribution is 8.00. The predicted octanol–water partition coefficient (Wildman–Crippen LogP) is 1.31. The topological polar surface area (TPSA) is 79.5 Å². The van der Waals surface area contributed by atoms with Crippen LogP contribution in [-0.2, 0) is 10.0 Å². The van der Waals surface area contributed by atoms with Gasteiger partial charge >= 0.3 is 0 Å². The summed E-state index contributed by atoms with van der Waals surface area (Å²) >= 11 is 3.11. The normalized spacial score (nSPS) is 20.6. The molecule has 1 aromatic heterocycles. The van der Waals surface area contributed by atoms with Crippen LogP contribution < -0.4 is 10.6 Å². The lowest BCUT2D eigenvalue weighted by molar-refractivity contribution is 0.521. The van der Waals surface area contributed by atoms with Gasteiger partial charge in [-0.3, -0.25) is 0 Å². The Labute approximate surface area is 128 Å². The zero-order valence-corrected chi connectivity index (χ0v) is 14.3. The quantitative estimate of drug-likeness (QED) is 0.893. The average molecular weight is 337 g/mol. The fraction of sp³-hybridized carbons (Fsp3) is 0.727. The van der Waals surface area contributed by atoms with Crippen molar-refractivity contribution >= 4 is 44.1 Å². The molecule has 1 aliphatic heterocycles. The summed E-state index contributed by atoms with van der Waals surface area (Å²) in [5.74, 6) is 1.10. The third kappa shape index (κ3) is 2.90. The molecule has 0 aromatic carbocycles.